The maximum atomic E-state index is 10.5. The predicted molar refractivity (Wildman–Crippen MR) is 115 cm³/mol. The third kappa shape index (κ3) is 3.18. The van der Waals surface area contributed by atoms with E-state index in [1.54, 1.807) is 37.4 Å². The molecule has 2 N–H and O–H groups in total. The maximum absolute atomic E-state index is 10.5. The van der Waals surface area contributed by atoms with Crippen LogP contribution in [0.25, 0.3) is 0 Å². The zero-order valence-electron chi connectivity index (χ0n) is 17.1. The fourth-order valence-corrected chi connectivity index (χ4v) is 4.15. The van der Waals surface area contributed by atoms with Gasteiger partial charge < -0.3 is 24.4 Å². The lowest BCUT2D eigenvalue weighted by molar-refractivity contribution is -0.0191. The molecule has 0 fully saturated rings. The van der Waals surface area contributed by atoms with Crippen LogP contribution in [0.5, 0.6) is 28.7 Å². The van der Waals surface area contributed by atoms with E-state index in [0.717, 1.165) is 22.6 Å². The summed E-state index contributed by atoms with van der Waals surface area (Å²) in [5, 5.41) is 27.5. The van der Waals surface area contributed by atoms with Gasteiger partial charge in [0.1, 0.15) is 17.2 Å². The van der Waals surface area contributed by atoms with Crippen molar-refractivity contribution in [1.82, 2.24) is 5.01 Å². The number of para-hydroxylation sites is 1. The van der Waals surface area contributed by atoms with Crippen molar-refractivity contribution in [1.29, 1.82) is 0 Å². The molecule has 3 aromatic carbocycles. The van der Waals surface area contributed by atoms with E-state index in [1.807, 2.05) is 35.3 Å². The smallest absolute Gasteiger partial charge is 0.214 e. The van der Waals surface area contributed by atoms with Gasteiger partial charge in [-0.15, -0.1) is 0 Å². The molecule has 7 nitrogen and oxygen atoms in total. The van der Waals surface area contributed by atoms with Crippen LogP contribution in [0.3, 0.4) is 0 Å². The lowest BCUT2D eigenvalue weighted by Crippen LogP contribution is -2.33. The lowest BCUT2D eigenvalue weighted by Gasteiger charge is -2.38. The Morgan fingerprint density at radius 1 is 0.968 bits per heavy atom. The Balaban J connectivity index is 1.60. The summed E-state index contributed by atoms with van der Waals surface area (Å²) < 4.78 is 16.8. The summed E-state index contributed by atoms with van der Waals surface area (Å²) in [6.07, 6.45) is 0.0571. The van der Waals surface area contributed by atoms with Crippen LogP contribution in [0.2, 0.25) is 0 Å². The van der Waals surface area contributed by atoms with Crippen LogP contribution in [-0.4, -0.2) is 35.2 Å². The van der Waals surface area contributed by atoms with Gasteiger partial charge in [-0.3, -0.25) is 0 Å². The van der Waals surface area contributed by atoms with Gasteiger partial charge in [0.2, 0.25) is 6.23 Å². The SMILES string of the molecule is COc1ccc(O)c(C2=NN3C(C2)c2ccccc2OC3c2ccc(OC)c(O)c2)c1. The fourth-order valence-electron chi connectivity index (χ4n) is 4.15. The molecule has 0 aromatic heterocycles. The standard InChI is InChI=1S/C24H22N2O5/c1-29-15-8-9-20(27)17(12-15)18-13-19-16-5-3-4-6-22(16)31-24(26(19)25-18)14-7-10-23(30-2)21(28)11-14/h3-12,19,24,27-28H,13H2,1-2H3. The summed E-state index contributed by atoms with van der Waals surface area (Å²) in [7, 11) is 3.10. The Labute approximate surface area is 179 Å². The van der Waals surface area contributed by atoms with Crippen LogP contribution in [0.15, 0.2) is 65.8 Å². The first-order valence-electron chi connectivity index (χ1n) is 9.94. The van der Waals surface area contributed by atoms with E-state index in [9.17, 15) is 10.2 Å². The predicted octanol–water partition coefficient (Wildman–Crippen LogP) is 4.36. The van der Waals surface area contributed by atoms with Crippen LogP contribution >= 0.6 is 0 Å². The van der Waals surface area contributed by atoms with Gasteiger partial charge in [-0.25, -0.2) is 5.01 Å². The van der Waals surface area contributed by atoms with Crippen LogP contribution in [0.1, 0.15) is 35.4 Å². The summed E-state index contributed by atoms with van der Waals surface area (Å²) in [5.41, 5.74) is 3.14. The monoisotopic (exact) mass is 418 g/mol. The molecule has 158 valence electrons. The Morgan fingerprint density at radius 2 is 1.81 bits per heavy atom. The zero-order chi connectivity index (χ0) is 21.5. The molecule has 0 saturated heterocycles. The van der Waals surface area contributed by atoms with E-state index in [1.165, 1.54) is 7.11 Å². The molecule has 0 saturated carbocycles. The molecule has 5 rings (SSSR count). The average Bonchev–Trinajstić information content (AvgIpc) is 3.24. The molecule has 0 radical (unpaired) electrons. The van der Waals surface area contributed by atoms with Crippen molar-refractivity contribution in [3.05, 3.63) is 77.4 Å². The Morgan fingerprint density at radius 3 is 2.58 bits per heavy atom. The number of nitrogens with zero attached hydrogens (tertiary/aromatic N) is 2. The minimum absolute atomic E-state index is 0.0350. The van der Waals surface area contributed by atoms with Crippen molar-refractivity contribution in [2.24, 2.45) is 5.10 Å². The molecule has 0 bridgehead atoms. The molecular weight excluding hydrogens is 396 g/mol. The number of methoxy groups -OCH3 is 2. The third-order valence-corrected chi connectivity index (χ3v) is 5.70. The highest BCUT2D eigenvalue weighted by atomic mass is 16.5. The van der Waals surface area contributed by atoms with Crippen molar-refractivity contribution >= 4 is 5.71 Å². The average molecular weight is 418 g/mol. The van der Waals surface area contributed by atoms with E-state index in [4.69, 9.17) is 19.3 Å². The quantitative estimate of drug-likeness (QED) is 0.655. The van der Waals surface area contributed by atoms with E-state index in [2.05, 4.69) is 0 Å². The first kappa shape index (κ1) is 19.1. The number of rotatable bonds is 4. The van der Waals surface area contributed by atoms with Crippen LogP contribution < -0.4 is 14.2 Å². The van der Waals surface area contributed by atoms with Gasteiger partial charge in [0.25, 0.3) is 0 Å². The highest BCUT2D eigenvalue weighted by Gasteiger charge is 2.41. The summed E-state index contributed by atoms with van der Waals surface area (Å²) >= 11 is 0. The second kappa shape index (κ2) is 7.43. The van der Waals surface area contributed by atoms with Gasteiger partial charge >= 0.3 is 0 Å². The molecule has 2 heterocycles. The molecule has 0 amide bonds. The van der Waals surface area contributed by atoms with Crippen molar-refractivity contribution < 1.29 is 24.4 Å². The van der Waals surface area contributed by atoms with Crippen LogP contribution in [-0.2, 0) is 0 Å². The minimum atomic E-state index is -0.540. The summed E-state index contributed by atoms with van der Waals surface area (Å²) in [5.74, 6) is 1.99. The van der Waals surface area contributed by atoms with Gasteiger partial charge in [-0.1, -0.05) is 18.2 Å². The Bertz CT molecular complexity index is 1180. The molecule has 31 heavy (non-hydrogen) atoms. The topological polar surface area (TPSA) is 83.8 Å². The fraction of sp³-hybridized carbons (Fsp3) is 0.208. The second-order valence-corrected chi connectivity index (χ2v) is 7.47. The highest BCUT2D eigenvalue weighted by molar-refractivity contribution is 6.04. The van der Waals surface area contributed by atoms with Crippen LogP contribution in [0, 0.1) is 0 Å². The molecule has 2 aliphatic heterocycles. The third-order valence-electron chi connectivity index (χ3n) is 5.70. The molecule has 0 spiro atoms. The largest absolute Gasteiger partial charge is 0.507 e. The summed E-state index contributed by atoms with van der Waals surface area (Å²) in [6.45, 7) is 0. The first-order chi connectivity index (χ1) is 15.1. The van der Waals surface area contributed by atoms with Crippen molar-refractivity contribution in [3.8, 4) is 28.7 Å². The number of phenols is 2. The number of hydrogen-bond acceptors (Lipinski definition) is 7. The normalized spacial score (nSPS) is 19.2. The number of benzene rings is 3. The van der Waals surface area contributed by atoms with Gasteiger partial charge in [-0.05, 0) is 42.5 Å². The molecule has 3 aromatic rings. The number of fused-ring (bicyclic) bond motifs is 3. The minimum Gasteiger partial charge on any atom is -0.507 e. The van der Waals surface area contributed by atoms with Crippen LogP contribution in [0.4, 0.5) is 0 Å². The first-order valence-corrected chi connectivity index (χ1v) is 9.94. The summed E-state index contributed by atoms with van der Waals surface area (Å²) in [4.78, 5) is 0. The maximum Gasteiger partial charge on any atom is 0.214 e. The Hall–Kier alpha value is -3.87. The molecule has 2 atom stereocenters. The molecule has 0 aliphatic carbocycles. The van der Waals surface area contributed by atoms with E-state index >= 15 is 0 Å². The van der Waals surface area contributed by atoms with Gasteiger partial charge in [0.15, 0.2) is 11.5 Å². The summed E-state index contributed by atoms with van der Waals surface area (Å²) in [6, 6.07) is 18.1. The van der Waals surface area contributed by atoms with E-state index < -0.39 is 6.23 Å². The number of hydrogen-bond donors (Lipinski definition) is 2. The van der Waals surface area contributed by atoms with Crippen molar-refractivity contribution in [2.45, 2.75) is 18.7 Å². The van der Waals surface area contributed by atoms with E-state index in [-0.39, 0.29) is 17.5 Å². The Kier molecular flexibility index (Phi) is 4.58. The highest BCUT2D eigenvalue weighted by Crippen LogP contribution is 2.48. The molecule has 7 heteroatoms. The second-order valence-electron chi connectivity index (χ2n) is 7.47. The van der Waals surface area contributed by atoms with Crippen molar-refractivity contribution in [3.63, 3.8) is 0 Å². The van der Waals surface area contributed by atoms with E-state index in [0.29, 0.717) is 23.5 Å². The van der Waals surface area contributed by atoms with Gasteiger partial charge in [-0.2, -0.15) is 5.10 Å². The number of aromatic hydroxyl groups is 2. The lowest BCUT2D eigenvalue weighted by atomic mass is 9.95. The number of ether oxygens (including phenoxy) is 3. The molecule has 2 unspecified atom stereocenters. The van der Waals surface area contributed by atoms with Gasteiger partial charge in [0.05, 0.1) is 26.0 Å². The molecule has 2 aliphatic rings. The number of phenolic OH excluding ortho intramolecular Hbond substituents is 2. The number of hydrazone groups is 1. The van der Waals surface area contributed by atoms with Crippen molar-refractivity contribution in [2.75, 3.05) is 14.2 Å². The van der Waals surface area contributed by atoms with Gasteiger partial charge in [0, 0.05) is 23.1 Å². The molecular formula is C24H22N2O5. The zero-order valence-corrected chi connectivity index (χ0v) is 17.1.